The highest BCUT2D eigenvalue weighted by Gasteiger charge is 2.44. The van der Waals surface area contributed by atoms with Gasteiger partial charge >= 0.3 is 0 Å². The van der Waals surface area contributed by atoms with Gasteiger partial charge in [-0.05, 0) is 29.8 Å². The Balaban J connectivity index is 1.52. The average molecular weight is 507 g/mol. The van der Waals surface area contributed by atoms with Gasteiger partial charge in [-0.2, -0.15) is 0 Å². The van der Waals surface area contributed by atoms with E-state index in [0.29, 0.717) is 55.1 Å². The van der Waals surface area contributed by atoms with Crippen molar-refractivity contribution in [3.05, 3.63) is 81.3 Å². The Hall–Kier alpha value is -4.22. The van der Waals surface area contributed by atoms with E-state index < -0.39 is 28.4 Å². The second-order valence-corrected chi connectivity index (χ2v) is 8.78. The number of aliphatic hydroxyl groups is 1. The van der Waals surface area contributed by atoms with E-state index in [1.54, 1.807) is 18.2 Å². The molecule has 2 aliphatic rings. The molecule has 37 heavy (non-hydrogen) atoms. The van der Waals surface area contributed by atoms with Crippen molar-refractivity contribution in [1.82, 2.24) is 9.80 Å². The zero-order valence-electron chi connectivity index (χ0n) is 20.1. The number of morpholine rings is 1. The fourth-order valence-electron chi connectivity index (χ4n) is 4.76. The van der Waals surface area contributed by atoms with Crippen molar-refractivity contribution >= 4 is 28.3 Å². The minimum atomic E-state index is -0.947. The first-order valence-corrected chi connectivity index (χ1v) is 11.8. The third-order valence-electron chi connectivity index (χ3n) is 6.68. The maximum atomic E-state index is 13.7. The number of benzene rings is 2. The lowest BCUT2D eigenvalue weighted by atomic mass is 9.95. The Morgan fingerprint density at radius 1 is 1.16 bits per heavy atom. The van der Waals surface area contributed by atoms with Gasteiger partial charge in [0.05, 0.1) is 36.9 Å². The Labute approximate surface area is 211 Å². The molecule has 2 aromatic carbocycles. The van der Waals surface area contributed by atoms with Crippen molar-refractivity contribution < 1.29 is 33.5 Å². The number of ketones is 1. The minimum Gasteiger partial charge on any atom is -0.503 e. The number of hydrogen-bond acceptors (Lipinski definition) is 9. The van der Waals surface area contributed by atoms with Crippen LogP contribution in [0.15, 0.2) is 64.3 Å². The number of ether oxygens (including phenoxy) is 2. The predicted octanol–water partition coefficient (Wildman–Crippen LogP) is 3.26. The van der Waals surface area contributed by atoms with E-state index in [0.717, 1.165) is 0 Å². The number of carbonyl (C=O) groups is 2. The smallest absolute Gasteiger partial charge is 0.290 e. The Morgan fingerprint density at radius 2 is 1.89 bits per heavy atom. The van der Waals surface area contributed by atoms with Crippen molar-refractivity contribution in [3.63, 3.8) is 0 Å². The summed E-state index contributed by atoms with van der Waals surface area (Å²) in [7, 11) is 1.49. The topological polar surface area (TPSA) is 136 Å². The quantitative estimate of drug-likeness (QED) is 0.277. The molecule has 1 unspecified atom stereocenters. The van der Waals surface area contributed by atoms with E-state index >= 15 is 0 Å². The molecule has 1 amide bonds. The molecule has 11 heteroatoms. The zero-order chi connectivity index (χ0) is 26.1. The van der Waals surface area contributed by atoms with Gasteiger partial charge in [-0.25, -0.2) is 0 Å². The summed E-state index contributed by atoms with van der Waals surface area (Å²) < 4.78 is 16.5. The summed E-state index contributed by atoms with van der Waals surface area (Å²) in [5, 5.41) is 22.7. The molecule has 3 aromatic rings. The number of furan rings is 1. The molecule has 1 saturated heterocycles. The lowest BCUT2D eigenvalue weighted by molar-refractivity contribution is -0.384. The zero-order valence-corrected chi connectivity index (χ0v) is 20.1. The molecule has 2 aliphatic heterocycles. The first-order chi connectivity index (χ1) is 17.9. The maximum absolute atomic E-state index is 13.7. The number of hydrogen-bond donors (Lipinski definition) is 1. The molecular weight excluding hydrogens is 482 g/mol. The molecule has 1 N–H and O–H groups in total. The van der Waals surface area contributed by atoms with Gasteiger partial charge in [0.1, 0.15) is 0 Å². The van der Waals surface area contributed by atoms with Crippen molar-refractivity contribution in [3.8, 4) is 5.75 Å². The molecule has 0 bridgehead atoms. The first-order valence-electron chi connectivity index (χ1n) is 11.8. The summed E-state index contributed by atoms with van der Waals surface area (Å²) in [6, 6.07) is 11.4. The lowest BCUT2D eigenvalue weighted by Gasteiger charge is -2.31. The second kappa shape index (κ2) is 10.0. The van der Waals surface area contributed by atoms with Gasteiger partial charge in [0.2, 0.25) is 5.78 Å². The largest absolute Gasteiger partial charge is 0.503 e. The van der Waals surface area contributed by atoms with E-state index in [4.69, 9.17) is 13.9 Å². The summed E-state index contributed by atoms with van der Waals surface area (Å²) >= 11 is 0. The summed E-state index contributed by atoms with van der Waals surface area (Å²) in [6.07, 6.45) is 0. The monoisotopic (exact) mass is 507 g/mol. The van der Waals surface area contributed by atoms with Crippen LogP contribution in [0, 0.1) is 10.1 Å². The molecule has 0 radical (unpaired) electrons. The number of nitrogens with zero attached hydrogens (tertiary/aromatic N) is 3. The van der Waals surface area contributed by atoms with Crippen LogP contribution in [0.1, 0.15) is 22.2 Å². The number of carbonyl (C=O) groups excluding carboxylic acids is 2. The van der Waals surface area contributed by atoms with Gasteiger partial charge in [-0.3, -0.25) is 24.6 Å². The Bertz CT molecular complexity index is 1390. The number of nitro groups is 1. The van der Waals surface area contributed by atoms with Crippen LogP contribution >= 0.6 is 0 Å². The van der Waals surface area contributed by atoms with E-state index in [2.05, 4.69) is 4.90 Å². The molecule has 3 heterocycles. The third-order valence-corrected chi connectivity index (χ3v) is 6.68. The number of Topliss-reactive ketones (excluding diaryl/α,β-unsaturated/α-hetero) is 1. The number of aliphatic hydroxyl groups excluding tert-OH is 1. The first kappa shape index (κ1) is 24.5. The molecule has 0 spiro atoms. The fourth-order valence-corrected chi connectivity index (χ4v) is 4.76. The van der Waals surface area contributed by atoms with E-state index in [1.165, 1.54) is 42.3 Å². The molecule has 1 fully saturated rings. The molecule has 0 aliphatic carbocycles. The van der Waals surface area contributed by atoms with Crippen molar-refractivity contribution in [2.75, 3.05) is 46.5 Å². The van der Waals surface area contributed by atoms with Crippen LogP contribution in [0.4, 0.5) is 5.69 Å². The summed E-state index contributed by atoms with van der Waals surface area (Å²) in [4.78, 5) is 41.1. The standard InChI is InChI=1S/C26H25N3O8/c1-35-19-4-2-3-17-15-20(37-25(17)19)23(30)21-22(16-5-7-18(8-6-16)29(33)34)28(26(32)24(21)31)10-9-27-11-13-36-14-12-27/h2-8,15,22,31H,9-14H2,1H3. The van der Waals surface area contributed by atoms with E-state index in [9.17, 15) is 24.8 Å². The second-order valence-electron chi connectivity index (χ2n) is 8.78. The number of nitro benzene ring substituents is 1. The Kier molecular flexibility index (Phi) is 6.64. The summed E-state index contributed by atoms with van der Waals surface area (Å²) in [5.74, 6) is -1.62. The SMILES string of the molecule is COc1cccc2cc(C(=O)C3=C(O)C(=O)N(CCN4CCOCC4)C3c3ccc([N+](=O)[O-])cc3)oc12. The number of rotatable bonds is 8. The van der Waals surface area contributed by atoms with Gasteiger partial charge in [0, 0.05) is 43.7 Å². The van der Waals surface area contributed by atoms with Crippen LogP contribution in [0.5, 0.6) is 5.75 Å². The van der Waals surface area contributed by atoms with Crippen LogP contribution in [-0.2, 0) is 9.53 Å². The number of fused-ring (bicyclic) bond motifs is 1. The molecule has 11 nitrogen and oxygen atoms in total. The fraction of sp³-hybridized carbons (Fsp3) is 0.308. The minimum absolute atomic E-state index is 0.0595. The summed E-state index contributed by atoms with van der Waals surface area (Å²) in [6.45, 7) is 3.32. The highest BCUT2D eigenvalue weighted by atomic mass is 16.6. The molecule has 5 rings (SSSR count). The Morgan fingerprint density at radius 3 is 2.57 bits per heavy atom. The molecule has 1 aromatic heterocycles. The van der Waals surface area contributed by atoms with Crippen molar-refractivity contribution in [2.24, 2.45) is 0 Å². The van der Waals surface area contributed by atoms with Gasteiger partial charge in [0.15, 0.2) is 22.9 Å². The van der Waals surface area contributed by atoms with Gasteiger partial charge in [-0.1, -0.05) is 12.1 Å². The van der Waals surface area contributed by atoms with Crippen LogP contribution in [-0.4, -0.2) is 78.0 Å². The number of non-ortho nitro benzene ring substituents is 1. The van der Waals surface area contributed by atoms with Gasteiger partial charge < -0.3 is 23.9 Å². The normalized spacial score (nSPS) is 18.6. The highest BCUT2D eigenvalue weighted by molar-refractivity contribution is 6.16. The van der Waals surface area contributed by atoms with Gasteiger partial charge in [0.25, 0.3) is 11.6 Å². The number of para-hydroxylation sites is 1. The summed E-state index contributed by atoms with van der Waals surface area (Å²) in [5.41, 5.74) is 0.563. The molecular formula is C26H25N3O8. The third kappa shape index (κ3) is 4.54. The number of methoxy groups -OCH3 is 1. The van der Waals surface area contributed by atoms with Crippen molar-refractivity contribution in [1.29, 1.82) is 0 Å². The predicted molar refractivity (Wildman–Crippen MR) is 132 cm³/mol. The van der Waals surface area contributed by atoms with Crippen LogP contribution in [0.25, 0.3) is 11.0 Å². The number of amides is 1. The maximum Gasteiger partial charge on any atom is 0.290 e. The highest BCUT2D eigenvalue weighted by Crippen LogP contribution is 2.40. The van der Waals surface area contributed by atoms with E-state index in [-0.39, 0.29) is 23.6 Å². The average Bonchev–Trinajstić information content (AvgIpc) is 3.47. The van der Waals surface area contributed by atoms with Gasteiger partial charge in [-0.15, -0.1) is 0 Å². The molecule has 1 atom stereocenters. The molecule has 0 saturated carbocycles. The molecule has 192 valence electrons. The van der Waals surface area contributed by atoms with Crippen LogP contribution in [0.2, 0.25) is 0 Å². The van der Waals surface area contributed by atoms with E-state index in [1.807, 2.05) is 0 Å². The lowest BCUT2D eigenvalue weighted by Crippen LogP contribution is -2.43. The van der Waals surface area contributed by atoms with Crippen LogP contribution in [0.3, 0.4) is 0 Å². The van der Waals surface area contributed by atoms with Crippen LogP contribution < -0.4 is 4.74 Å². The van der Waals surface area contributed by atoms with Crippen molar-refractivity contribution in [2.45, 2.75) is 6.04 Å².